The lowest BCUT2D eigenvalue weighted by Crippen LogP contribution is -2.60. The molecular weight excluding hydrogens is 1320 g/mol. The fourth-order valence-electron chi connectivity index (χ4n) is 9.65. The Morgan fingerprint density at radius 1 is 0.202 bits per heavy atom. The summed E-state index contributed by atoms with van der Waals surface area (Å²) in [5.41, 5.74) is 3.10. The average Bonchev–Trinajstić information content (AvgIpc) is 1.39. The second-order valence-electron chi connectivity index (χ2n) is 19.1. The van der Waals surface area contributed by atoms with Gasteiger partial charge < -0.3 is 0 Å². The van der Waals surface area contributed by atoms with Crippen LogP contribution in [0.2, 0.25) is 13.1 Å². The van der Waals surface area contributed by atoms with E-state index in [2.05, 4.69) is 87.4 Å². The minimum absolute atomic E-state index is 1.36. The summed E-state index contributed by atoms with van der Waals surface area (Å²) in [5, 5.41) is 0. The molecule has 10 radical (unpaired) electrons. The SMILES string of the molecule is C[Si](C)([C]1[CH][CH][C]2C=CC=C[C]21)[C]1[CH][CH][C]2C=CC=C[C]21.Fc1c(F)c(F)[c]([Al]([c]2c(F)c(F)c(F)c(F)c2F)[c]2c(F)c(F)c(F)c(F)c2F)c(F)c1F.Fc1c(F)c(F)[c]([Al]([c]2c(F)c(F)c(F)c(F)c2F)[c]2c(F)c(F)c(F)c(F)c2F)c(F)c1F. The molecule has 0 N–H and O–H groups in total. The fourth-order valence-corrected chi connectivity index (χ4v) is 19.0. The van der Waals surface area contributed by atoms with E-state index in [4.69, 9.17) is 0 Å². The second kappa shape index (κ2) is 25.6. The first-order chi connectivity index (χ1) is 41.5. The molecule has 4 aliphatic rings. The van der Waals surface area contributed by atoms with Gasteiger partial charge in [-0.05, 0) is 63.3 Å². The van der Waals surface area contributed by atoms with Crippen molar-refractivity contribution in [3.63, 3.8) is 0 Å². The maximum absolute atomic E-state index is 14.4. The van der Waals surface area contributed by atoms with Gasteiger partial charge in [-0.1, -0.05) is 61.7 Å². The van der Waals surface area contributed by atoms with Crippen LogP contribution in [0.1, 0.15) is 0 Å². The Kier molecular flexibility index (Phi) is 19.7. The zero-order valence-electron chi connectivity index (χ0n) is 42.9. The molecule has 10 rings (SSSR count). The Morgan fingerprint density at radius 3 is 0.517 bits per heavy atom. The summed E-state index contributed by atoms with van der Waals surface area (Å²) in [6.07, 6.45) is 26.7. The van der Waals surface area contributed by atoms with Crippen LogP contribution in [0.15, 0.2) is 48.6 Å². The van der Waals surface area contributed by atoms with Crippen molar-refractivity contribution in [1.29, 1.82) is 0 Å². The Morgan fingerprint density at radius 2 is 0.348 bits per heavy atom. The van der Waals surface area contributed by atoms with Crippen LogP contribution < -0.4 is 26.6 Å². The molecule has 6 aromatic rings. The molecule has 462 valence electrons. The lowest BCUT2D eigenvalue weighted by atomic mass is 9.91. The molecule has 0 spiro atoms. The lowest BCUT2D eigenvalue weighted by Gasteiger charge is -2.40. The normalized spacial score (nSPS) is 15.5. The van der Waals surface area contributed by atoms with Crippen molar-refractivity contribution in [2.75, 3.05) is 0 Å². The molecule has 0 amide bonds. The van der Waals surface area contributed by atoms with Crippen LogP contribution in [0.4, 0.5) is 132 Å². The van der Waals surface area contributed by atoms with Crippen LogP contribution in [-0.4, -0.2) is 36.4 Å². The summed E-state index contributed by atoms with van der Waals surface area (Å²) in [6, 6.07) is 0. The highest BCUT2D eigenvalue weighted by Gasteiger charge is 2.54. The number of allylic oxidation sites excluding steroid dienone is 8. The van der Waals surface area contributed by atoms with Crippen LogP contribution in [-0.2, 0) is 0 Å². The monoisotopic (exact) mass is 1340 g/mol. The van der Waals surface area contributed by atoms with E-state index in [1.165, 1.54) is 23.7 Å². The van der Waals surface area contributed by atoms with Gasteiger partial charge in [0.15, 0.2) is 175 Å². The maximum Gasteiger partial charge on any atom is 0.413 e. The third-order valence-electron chi connectivity index (χ3n) is 13.9. The summed E-state index contributed by atoms with van der Waals surface area (Å²) < 4.78 is 403. The molecule has 0 aliphatic heterocycles. The van der Waals surface area contributed by atoms with Gasteiger partial charge >= 0.3 is 28.3 Å². The number of benzene rings is 6. The van der Waals surface area contributed by atoms with E-state index in [-0.39, 0.29) is 0 Å². The maximum atomic E-state index is 14.4. The van der Waals surface area contributed by atoms with E-state index in [0.717, 1.165) is 0 Å². The van der Waals surface area contributed by atoms with Gasteiger partial charge in [-0.25, -0.2) is 132 Å². The molecule has 0 bridgehead atoms. The summed E-state index contributed by atoms with van der Waals surface area (Å²) in [4.78, 5) is 0. The molecular formula is C56H18Al2F30Si. The molecule has 0 heterocycles. The quantitative estimate of drug-likeness (QED) is 0.0617. The highest BCUT2D eigenvalue weighted by atomic mass is 28.3. The third-order valence-corrected chi connectivity index (χ3v) is 24.0. The first-order valence-electron chi connectivity index (χ1n) is 23.9. The highest BCUT2D eigenvalue weighted by Crippen LogP contribution is 2.56. The van der Waals surface area contributed by atoms with Gasteiger partial charge in [-0.3, -0.25) is 0 Å². The van der Waals surface area contributed by atoms with Gasteiger partial charge in [0.05, 0.1) is 8.07 Å². The number of hydrogen-bond donors (Lipinski definition) is 0. The number of rotatable bonds is 8. The molecule has 0 atom stereocenters. The zero-order valence-corrected chi connectivity index (χ0v) is 46.2. The van der Waals surface area contributed by atoms with Crippen molar-refractivity contribution >= 4 is 62.9 Å². The average molecular weight is 1340 g/mol. The molecule has 0 unspecified atom stereocenters. The smallest absolute Gasteiger partial charge is 0.205 e. The van der Waals surface area contributed by atoms with Gasteiger partial charge in [-0.15, -0.1) is 0 Å². The van der Waals surface area contributed by atoms with Crippen LogP contribution in [0, 0.1) is 235 Å². The van der Waals surface area contributed by atoms with Crippen molar-refractivity contribution in [2.45, 2.75) is 13.1 Å². The Hall–Kier alpha value is -6.54. The van der Waals surface area contributed by atoms with E-state index >= 15 is 0 Å². The van der Waals surface area contributed by atoms with Gasteiger partial charge in [0.1, 0.15) is 0 Å². The Balaban J connectivity index is 0.000000177. The molecule has 4 aliphatic carbocycles. The van der Waals surface area contributed by atoms with Gasteiger partial charge in [0, 0.05) is 23.7 Å². The highest BCUT2D eigenvalue weighted by molar-refractivity contribution is 6.96. The lowest BCUT2D eigenvalue weighted by molar-refractivity contribution is 0.380. The van der Waals surface area contributed by atoms with E-state index < -0.39 is 237 Å². The fraction of sp³-hybridized carbons (Fsp3) is 0.0357. The topological polar surface area (TPSA) is 0 Å². The summed E-state index contributed by atoms with van der Waals surface area (Å²) >= 11 is -11.9. The van der Waals surface area contributed by atoms with Crippen LogP contribution in [0.3, 0.4) is 0 Å². The standard InChI is InChI=1S/C20H18Si.6C6F5.2Al/c1-21(2,19-13-11-15-7-3-5-9-17(15)19)20-14-12-16-8-4-6-10-18(16)20;6*7-2-1-3(8)5(10)6(11)4(2)9;;/h3-14H,1-2H3;;;;;;;;. The van der Waals surface area contributed by atoms with Gasteiger partial charge in [0.25, 0.3) is 0 Å². The zero-order chi connectivity index (χ0) is 66.4. The first-order valence-corrected chi connectivity index (χ1v) is 30.3. The van der Waals surface area contributed by atoms with Gasteiger partial charge in [0.2, 0.25) is 0 Å². The summed E-state index contributed by atoms with van der Waals surface area (Å²) in [6.45, 7) is 4.94. The van der Waals surface area contributed by atoms with E-state index in [9.17, 15) is 132 Å². The number of fused-ring (bicyclic) bond motifs is 2. The third kappa shape index (κ3) is 11.3. The van der Waals surface area contributed by atoms with Crippen molar-refractivity contribution in [2.24, 2.45) is 0 Å². The van der Waals surface area contributed by atoms with Crippen LogP contribution in [0.5, 0.6) is 0 Å². The predicted octanol–water partition coefficient (Wildman–Crippen LogP) is 12.9. The van der Waals surface area contributed by atoms with Crippen molar-refractivity contribution in [3.8, 4) is 0 Å². The van der Waals surface area contributed by atoms with Crippen LogP contribution >= 0.6 is 0 Å². The summed E-state index contributed by atoms with van der Waals surface area (Å²) in [7, 11) is -1.68. The van der Waals surface area contributed by atoms with E-state index in [1.807, 2.05) is 0 Å². The van der Waals surface area contributed by atoms with Crippen molar-refractivity contribution in [1.82, 2.24) is 0 Å². The molecule has 6 aromatic carbocycles. The van der Waals surface area contributed by atoms with Gasteiger partial charge in [-0.2, -0.15) is 0 Å². The van der Waals surface area contributed by atoms with E-state index in [0.29, 0.717) is 0 Å². The van der Waals surface area contributed by atoms with E-state index in [1.54, 1.807) is 11.1 Å². The molecule has 0 saturated heterocycles. The first kappa shape index (κ1) is 68.4. The molecule has 33 heteroatoms. The molecule has 89 heavy (non-hydrogen) atoms. The second-order valence-corrected chi connectivity index (χ2v) is 28.6. The molecule has 2 saturated carbocycles. The Bertz CT molecular complexity index is 3290. The minimum Gasteiger partial charge on any atom is -0.205 e. The van der Waals surface area contributed by atoms with Crippen molar-refractivity contribution in [3.05, 3.63) is 284 Å². The molecule has 2 fully saturated rings. The van der Waals surface area contributed by atoms with Crippen molar-refractivity contribution < 1.29 is 132 Å². The number of hydrogen-bond acceptors (Lipinski definition) is 0. The minimum atomic E-state index is -5.96. The Labute approximate surface area is 489 Å². The molecule has 0 aromatic heterocycles. The summed E-state index contributed by atoms with van der Waals surface area (Å²) in [5.74, 6) is -83.6. The predicted molar refractivity (Wildman–Crippen MR) is 257 cm³/mol. The molecule has 0 nitrogen and oxygen atoms in total. The largest absolute Gasteiger partial charge is 0.413 e. The van der Waals surface area contributed by atoms with Crippen LogP contribution in [0.25, 0.3) is 0 Å². The number of halogens is 30.